The third-order valence-corrected chi connectivity index (χ3v) is 9.03. The third-order valence-electron chi connectivity index (χ3n) is 9.03. The number of unbranched alkanes of at least 4 members (excludes halogenated alkanes) is 5. The Morgan fingerprint density at radius 2 is 1.50 bits per heavy atom. The minimum atomic E-state index is -0.921. The third kappa shape index (κ3) is 10.3. The Kier molecular flexibility index (Phi) is 14.8. The SMILES string of the molecule is CCCCCCCCC(O)(/C=C/c1ccc(C(CC)(CC)c2ccc(OCC(O)CCC(=O)O)c(C)c2)cc1C)CC. The number of carbonyl (C=O) groups is 1. The van der Waals surface area contributed by atoms with Crippen LogP contribution in [0.25, 0.3) is 6.08 Å². The Hall–Kier alpha value is -2.63. The van der Waals surface area contributed by atoms with Crippen LogP contribution >= 0.6 is 0 Å². The molecular formula is C37H56O5. The number of ether oxygens (including phenoxy) is 1. The number of hydrogen-bond acceptors (Lipinski definition) is 4. The van der Waals surface area contributed by atoms with Crippen molar-refractivity contribution in [3.05, 3.63) is 70.3 Å². The summed E-state index contributed by atoms with van der Waals surface area (Å²) < 4.78 is 5.85. The molecule has 0 aliphatic heterocycles. The van der Waals surface area contributed by atoms with Gasteiger partial charge >= 0.3 is 5.97 Å². The van der Waals surface area contributed by atoms with Crippen LogP contribution in [0.3, 0.4) is 0 Å². The van der Waals surface area contributed by atoms with Gasteiger partial charge in [0.15, 0.2) is 0 Å². The normalized spacial score (nSPS) is 14.2. The Morgan fingerprint density at radius 1 is 0.881 bits per heavy atom. The summed E-state index contributed by atoms with van der Waals surface area (Å²) in [6, 6.07) is 13.0. The Balaban J connectivity index is 2.19. The molecule has 0 heterocycles. The number of carboxylic acids is 1. The molecule has 0 radical (unpaired) electrons. The fourth-order valence-electron chi connectivity index (χ4n) is 5.90. The van der Waals surface area contributed by atoms with Crippen LogP contribution in [0.5, 0.6) is 5.75 Å². The van der Waals surface area contributed by atoms with Gasteiger partial charge in [-0.3, -0.25) is 4.79 Å². The van der Waals surface area contributed by atoms with Crippen LogP contribution in [-0.4, -0.2) is 39.6 Å². The smallest absolute Gasteiger partial charge is 0.303 e. The van der Waals surface area contributed by atoms with Gasteiger partial charge < -0.3 is 20.1 Å². The number of aliphatic hydroxyl groups excluding tert-OH is 1. The lowest BCUT2D eigenvalue weighted by atomic mass is 9.70. The average molecular weight is 581 g/mol. The molecule has 0 spiro atoms. The summed E-state index contributed by atoms with van der Waals surface area (Å²) in [6.07, 6.45) is 14.1. The molecule has 234 valence electrons. The van der Waals surface area contributed by atoms with Crippen molar-refractivity contribution < 1.29 is 24.9 Å². The number of aliphatic hydroxyl groups is 2. The zero-order valence-corrected chi connectivity index (χ0v) is 27.0. The molecule has 0 saturated carbocycles. The van der Waals surface area contributed by atoms with Gasteiger partial charge in [0.1, 0.15) is 12.4 Å². The monoisotopic (exact) mass is 580 g/mol. The summed E-state index contributed by atoms with van der Waals surface area (Å²) in [5, 5.41) is 30.1. The van der Waals surface area contributed by atoms with Crippen LogP contribution in [-0.2, 0) is 10.2 Å². The molecule has 0 aliphatic carbocycles. The van der Waals surface area contributed by atoms with Crippen molar-refractivity contribution in [2.45, 2.75) is 136 Å². The number of benzene rings is 2. The molecular weight excluding hydrogens is 524 g/mol. The Bertz CT molecular complexity index is 1130. The van der Waals surface area contributed by atoms with Gasteiger partial charge in [0, 0.05) is 11.8 Å². The van der Waals surface area contributed by atoms with Crippen molar-refractivity contribution >= 4 is 12.0 Å². The van der Waals surface area contributed by atoms with Crippen molar-refractivity contribution in [1.82, 2.24) is 0 Å². The maximum Gasteiger partial charge on any atom is 0.303 e. The van der Waals surface area contributed by atoms with Crippen molar-refractivity contribution in [2.24, 2.45) is 0 Å². The van der Waals surface area contributed by atoms with E-state index in [2.05, 4.69) is 71.0 Å². The van der Waals surface area contributed by atoms with Crippen LogP contribution in [0.2, 0.25) is 0 Å². The first-order chi connectivity index (χ1) is 20.0. The van der Waals surface area contributed by atoms with E-state index >= 15 is 0 Å². The zero-order chi connectivity index (χ0) is 31.2. The number of hydrogen-bond donors (Lipinski definition) is 3. The van der Waals surface area contributed by atoms with Gasteiger partial charge in [-0.25, -0.2) is 0 Å². The van der Waals surface area contributed by atoms with E-state index in [1.54, 1.807) is 0 Å². The fraction of sp³-hybridized carbons (Fsp3) is 0.595. The number of aliphatic carboxylic acids is 1. The highest BCUT2D eigenvalue weighted by Crippen LogP contribution is 2.41. The molecule has 0 amide bonds. The van der Waals surface area contributed by atoms with E-state index in [1.165, 1.54) is 48.8 Å². The summed E-state index contributed by atoms with van der Waals surface area (Å²) in [5.74, 6) is -0.217. The molecule has 2 unspecified atom stereocenters. The van der Waals surface area contributed by atoms with Gasteiger partial charge in [0.2, 0.25) is 0 Å². The van der Waals surface area contributed by atoms with Gasteiger partial charge in [-0.05, 0) is 79.8 Å². The molecule has 3 N–H and O–H groups in total. The van der Waals surface area contributed by atoms with Crippen LogP contribution in [0.15, 0.2) is 42.5 Å². The molecule has 0 fully saturated rings. The minimum Gasteiger partial charge on any atom is -0.491 e. The highest BCUT2D eigenvalue weighted by Gasteiger charge is 2.31. The van der Waals surface area contributed by atoms with Gasteiger partial charge in [-0.2, -0.15) is 0 Å². The van der Waals surface area contributed by atoms with Crippen LogP contribution < -0.4 is 4.74 Å². The quantitative estimate of drug-likeness (QED) is 0.136. The summed E-state index contributed by atoms with van der Waals surface area (Å²) in [7, 11) is 0. The highest BCUT2D eigenvalue weighted by molar-refractivity contribution is 5.66. The molecule has 2 aromatic rings. The maximum atomic E-state index is 11.2. The number of carboxylic acid groups (broad SMARTS) is 1. The molecule has 0 saturated heterocycles. The lowest BCUT2D eigenvalue weighted by molar-refractivity contribution is -0.137. The molecule has 2 aromatic carbocycles. The largest absolute Gasteiger partial charge is 0.491 e. The standard InChI is InChI=1S/C37H56O5/c1-7-11-12-13-14-15-23-36(41,8-2)24-22-30-16-17-31(25-28(30)5)37(9-3,10-4)32-18-20-34(29(6)26-32)42-27-33(38)19-21-35(39)40/h16-18,20,22,24-26,33,38,41H,7-15,19,21,23,27H2,1-6H3,(H,39,40)/b24-22+. The van der Waals surface area contributed by atoms with E-state index in [9.17, 15) is 15.0 Å². The van der Waals surface area contributed by atoms with E-state index < -0.39 is 17.7 Å². The molecule has 5 heteroatoms. The molecule has 2 rings (SSSR count). The molecule has 5 nitrogen and oxygen atoms in total. The van der Waals surface area contributed by atoms with Crippen LogP contribution in [0.4, 0.5) is 0 Å². The predicted molar refractivity (Wildman–Crippen MR) is 174 cm³/mol. The number of aryl methyl sites for hydroxylation is 2. The molecule has 42 heavy (non-hydrogen) atoms. The highest BCUT2D eigenvalue weighted by atomic mass is 16.5. The second kappa shape index (κ2) is 17.5. The van der Waals surface area contributed by atoms with Gasteiger partial charge in [0.25, 0.3) is 0 Å². The number of rotatable bonds is 20. The first-order valence-electron chi connectivity index (χ1n) is 16.2. The van der Waals surface area contributed by atoms with Crippen LogP contribution in [0.1, 0.15) is 133 Å². The molecule has 2 atom stereocenters. The fourth-order valence-corrected chi connectivity index (χ4v) is 5.90. The summed E-state index contributed by atoms with van der Waals surface area (Å²) >= 11 is 0. The molecule has 0 aromatic heterocycles. The lowest BCUT2D eigenvalue weighted by Crippen LogP contribution is -2.26. The average Bonchev–Trinajstić information content (AvgIpc) is 2.98. The van der Waals surface area contributed by atoms with Crippen molar-refractivity contribution in [3.63, 3.8) is 0 Å². The second-order valence-corrected chi connectivity index (χ2v) is 12.0. The van der Waals surface area contributed by atoms with Crippen molar-refractivity contribution in [2.75, 3.05) is 6.61 Å². The van der Waals surface area contributed by atoms with Gasteiger partial charge in [-0.1, -0.05) is 109 Å². The first kappa shape index (κ1) is 35.6. The van der Waals surface area contributed by atoms with Gasteiger partial charge in [-0.15, -0.1) is 0 Å². The summed E-state index contributed by atoms with van der Waals surface area (Å²) in [5.41, 5.74) is 4.91. The van der Waals surface area contributed by atoms with Crippen LogP contribution in [0, 0.1) is 13.8 Å². The molecule has 0 bridgehead atoms. The minimum absolute atomic E-state index is 0.0699. The Morgan fingerprint density at radius 3 is 2.07 bits per heavy atom. The lowest BCUT2D eigenvalue weighted by Gasteiger charge is -2.34. The van der Waals surface area contributed by atoms with Gasteiger partial charge in [0.05, 0.1) is 11.7 Å². The second-order valence-electron chi connectivity index (χ2n) is 12.0. The van der Waals surface area contributed by atoms with E-state index in [0.29, 0.717) is 12.2 Å². The van der Waals surface area contributed by atoms with E-state index in [0.717, 1.165) is 36.8 Å². The topological polar surface area (TPSA) is 87.0 Å². The Labute approximate surface area is 255 Å². The first-order valence-corrected chi connectivity index (χ1v) is 16.2. The van der Waals surface area contributed by atoms with Crippen molar-refractivity contribution in [3.8, 4) is 5.75 Å². The van der Waals surface area contributed by atoms with E-state index in [1.807, 2.05) is 19.1 Å². The maximum absolute atomic E-state index is 11.2. The summed E-state index contributed by atoms with van der Waals surface area (Å²) in [4.78, 5) is 10.8. The van der Waals surface area contributed by atoms with Crippen molar-refractivity contribution in [1.29, 1.82) is 0 Å². The molecule has 0 aliphatic rings. The van der Waals surface area contributed by atoms with E-state index in [4.69, 9.17) is 9.84 Å². The summed E-state index contributed by atoms with van der Waals surface area (Å²) in [6.45, 7) is 13.0. The predicted octanol–water partition coefficient (Wildman–Crippen LogP) is 8.92. The zero-order valence-electron chi connectivity index (χ0n) is 27.0. The van der Waals surface area contributed by atoms with E-state index in [-0.39, 0.29) is 24.9 Å².